The van der Waals surface area contributed by atoms with Gasteiger partial charge in [0.15, 0.2) is 5.84 Å². The third-order valence-electron chi connectivity index (χ3n) is 3.02. The first-order valence-electron chi connectivity index (χ1n) is 6.57. The van der Waals surface area contributed by atoms with Crippen molar-refractivity contribution in [2.45, 2.75) is 12.8 Å². The van der Waals surface area contributed by atoms with Gasteiger partial charge < -0.3 is 10.5 Å². The van der Waals surface area contributed by atoms with Crippen LogP contribution in [0, 0.1) is 5.82 Å². The molecule has 0 fully saturated rings. The Bertz CT molecular complexity index is 670. The summed E-state index contributed by atoms with van der Waals surface area (Å²) in [5.41, 5.74) is 0.984. The summed E-state index contributed by atoms with van der Waals surface area (Å²) < 4.78 is 13.7. The minimum absolute atomic E-state index is 0.0621. The van der Waals surface area contributed by atoms with E-state index in [9.17, 15) is 9.18 Å². The second kappa shape index (κ2) is 7.56. The molecular formula is C16H14ClFN2O2. The topological polar surface area (TPSA) is 61.7 Å². The maximum atomic E-state index is 13.7. The van der Waals surface area contributed by atoms with Crippen LogP contribution in [0.25, 0.3) is 0 Å². The largest absolute Gasteiger partial charge is 0.409 e. The summed E-state index contributed by atoms with van der Waals surface area (Å²) in [6.45, 7) is 0. The summed E-state index contributed by atoms with van der Waals surface area (Å²) in [7, 11) is 0. The van der Waals surface area contributed by atoms with E-state index < -0.39 is 5.82 Å². The number of hydrogen-bond donors (Lipinski definition) is 2. The summed E-state index contributed by atoms with van der Waals surface area (Å²) >= 11 is 5.91. The highest BCUT2D eigenvalue weighted by molar-refractivity contribution is 6.31. The average Bonchev–Trinajstić information content (AvgIpc) is 2.51. The number of amides is 1. The van der Waals surface area contributed by atoms with Crippen LogP contribution in [0.1, 0.15) is 11.1 Å². The van der Waals surface area contributed by atoms with E-state index in [4.69, 9.17) is 16.8 Å². The first-order chi connectivity index (χ1) is 10.6. The molecule has 0 unspecified atom stereocenters. The molecule has 0 spiro atoms. The second-order valence-corrected chi connectivity index (χ2v) is 5.04. The van der Waals surface area contributed by atoms with E-state index in [-0.39, 0.29) is 35.2 Å². The third kappa shape index (κ3) is 4.30. The van der Waals surface area contributed by atoms with Crippen LogP contribution in [-0.2, 0) is 17.6 Å². The summed E-state index contributed by atoms with van der Waals surface area (Å²) in [5, 5.41) is 14.7. The van der Waals surface area contributed by atoms with Crippen LogP contribution < -0.4 is 5.32 Å². The number of carbonyl (C=O) groups is 1. The van der Waals surface area contributed by atoms with Crippen molar-refractivity contribution < 1.29 is 14.4 Å². The number of nitrogens with one attached hydrogen (secondary N) is 1. The van der Waals surface area contributed by atoms with Gasteiger partial charge in [0.2, 0.25) is 5.91 Å². The number of benzene rings is 2. The number of oxime groups is 1. The highest BCUT2D eigenvalue weighted by atomic mass is 35.5. The molecule has 4 nitrogen and oxygen atoms in total. The van der Waals surface area contributed by atoms with Gasteiger partial charge in [-0.1, -0.05) is 53.2 Å². The molecule has 0 atom stereocenters. The van der Waals surface area contributed by atoms with Crippen LogP contribution in [0.2, 0.25) is 5.02 Å². The van der Waals surface area contributed by atoms with Gasteiger partial charge in [-0.25, -0.2) is 4.39 Å². The molecule has 0 aliphatic rings. The average molecular weight is 321 g/mol. The highest BCUT2D eigenvalue weighted by Crippen LogP contribution is 2.19. The number of nitrogens with zero attached hydrogens (tertiary/aromatic N) is 1. The monoisotopic (exact) mass is 320 g/mol. The Morgan fingerprint density at radius 2 is 1.86 bits per heavy atom. The van der Waals surface area contributed by atoms with Crippen molar-refractivity contribution >= 4 is 23.3 Å². The van der Waals surface area contributed by atoms with Gasteiger partial charge in [-0.15, -0.1) is 0 Å². The molecule has 22 heavy (non-hydrogen) atoms. The van der Waals surface area contributed by atoms with Crippen LogP contribution >= 0.6 is 11.6 Å². The van der Waals surface area contributed by atoms with Crippen molar-refractivity contribution in [3.8, 4) is 0 Å². The molecule has 2 aromatic carbocycles. The normalized spacial score (nSPS) is 11.3. The SMILES string of the molecule is O=C(Cc1ccccc1)NC(Cc1c(F)cccc1Cl)=NO. The molecule has 2 aromatic rings. The fraction of sp³-hybridized carbons (Fsp3) is 0.125. The van der Waals surface area contributed by atoms with Gasteiger partial charge in [0.25, 0.3) is 0 Å². The molecule has 2 N–H and O–H groups in total. The van der Waals surface area contributed by atoms with E-state index in [1.165, 1.54) is 18.2 Å². The Kier molecular flexibility index (Phi) is 5.49. The smallest absolute Gasteiger partial charge is 0.229 e. The lowest BCUT2D eigenvalue weighted by Gasteiger charge is -2.09. The number of hydrogen-bond acceptors (Lipinski definition) is 3. The van der Waals surface area contributed by atoms with E-state index in [2.05, 4.69) is 10.5 Å². The van der Waals surface area contributed by atoms with E-state index >= 15 is 0 Å². The molecule has 0 radical (unpaired) electrons. The number of amidine groups is 1. The van der Waals surface area contributed by atoms with E-state index in [0.717, 1.165) is 5.56 Å². The molecular weight excluding hydrogens is 307 g/mol. The zero-order valence-corrected chi connectivity index (χ0v) is 12.3. The summed E-state index contributed by atoms with van der Waals surface area (Å²) in [6.07, 6.45) is 0.0212. The van der Waals surface area contributed by atoms with Gasteiger partial charge in [0.1, 0.15) is 5.82 Å². The lowest BCUT2D eigenvalue weighted by Crippen LogP contribution is -2.33. The minimum atomic E-state index is -0.522. The van der Waals surface area contributed by atoms with Crippen molar-refractivity contribution in [1.82, 2.24) is 5.32 Å². The molecule has 0 aliphatic carbocycles. The standard InChI is InChI=1S/C16H14ClFN2O2/c17-13-7-4-8-14(18)12(13)10-15(20-22)19-16(21)9-11-5-2-1-3-6-11/h1-8,22H,9-10H2,(H,19,20,21). The first-order valence-corrected chi connectivity index (χ1v) is 6.95. The fourth-order valence-corrected chi connectivity index (χ4v) is 2.19. The van der Waals surface area contributed by atoms with Gasteiger partial charge in [-0.2, -0.15) is 0 Å². The van der Waals surface area contributed by atoms with E-state index in [0.29, 0.717) is 0 Å². The molecule has 2 rings (SSSR count). The summed E-state index contributed by atoms with van der Waals surface area (Å²) in [6, 6.07) is 13.4. The molecule has 0 bridgehead atoms. The fourth-order valence-electron chi connectivity index (χ4n) is 1.96. The van der Waals surface area contributed by atoms with Crippen molar-refractivity contribution in [2.24, 2.45) is 5.16 Å². The van der Waals surface area contributed by atoms with E-state index in [1.54, 1.807) is 0 Å². The molecule has 6 heteroatoms. The predicted octanol–water partition coefficient (Wildman–Crippen LogP) is 3.17. The van der Waals surface area contributed by atoms with Crippen LogP contribution in [0.4, 0.5) is 4.39 Å². The third-order valence-corrected chi connectivity index (χ3v) is 3.37. The quantitative estimate of drug-likeness (QED) is 0.393. The molecule has 0 aliphatic heterocycles. The van der Waals surface area contributed by atoms with Crippen molar-refractivity contribution in [2.75, 3.05) is 0 Å². The molecule has 0 heterocycles. The lowest BCUT2D eigenvalue weighted by molar-refractivity contribution is -0.119. The van der Waals surface area contributed by atoms with Crippen LogP contribution in [0.5, 0.6) is 0 Å². The predicted molar refractivity (Wildman–Crippen MR) is 82.6 cm³/mol. The minimum Gasteiger partial charge on any atom is -0.409 e. The van der Waals surface area contributed by atoms with Crippen molar-refractivity contribution in [1.29, 1.82) is 0 Å². The highest BCUT2D eigenvalue weighted by Gasteiger charge is 2.13. The van der Waals surface area contributed by atoms with Crippen molar-refractivity contribution in [3.05, 3.63) is 70.5 Å². The van der Waals surface area contributed by atoms with Gasteiger partial charge >= 0.3 is 0 Å². The number of halogens is 2. The molecule has 0 aromatic heterocycles. The zero-order chi connectivity index (χ0) is 15.9. The Hall–Kier alpha value is -2.40. The molecule has 1 amide bonds. The Morgan fingerprint density at radius 3 is 2.50 bits per heavy atom. The van der Waals surface area contributed by atoms with Gasteiger partial charge in [-0.3, -0.25) is 4.79 Å². The Morgan fingerprint density at radius 1 is 1.14 bits per heavy atom. The van der Waals surface area contributed by atoms with Gasteiger partial charge in [0.05, 0.1) is 6.42 Å². The van der Waals surface area contributed by atoms with E-state index in [1.807, 2.05) is 30.3 Å². The van der Waals surface area contributed by atoms with Crippen LogP contribution in [-0.4, -0.2) is 17.0 Å². The maximum Gasteiger partial charge on any atom is 0.229 e. The molecule has 114 valence electrons. The Balaban J connectivity index is 2.02. The number of carbonyl (C=O) groups excluding carboxylic acids is 1. The number of rotatable bonds is 4. The van der Waals surface area contributed by atoms with Gasteiger partial charge in [-0.05, 0) is 17.7 Å². The molecule has 0 saturated heterocycles. The van der Waals surface area contributed by atoms with Gasteiger partial charge in [0, 0.05) is 17.0 Å². The van der Waals surface area contributed by atoms with Crippen molar-refractivity contribution in [3.63, 3.8) is 0 Å². The first kappa shape index (κ1) is 16.0. The Labute approximate surface area is 132 Å². The lowest BCUT2D eigenvalue weighted by atomic mass is 10.1. The summed E-state index contributed by atoms with van der Waals surface area (Å²) in [4.78, 5) is 11.9. The maximum absolute atomic E-state index is 13.7. The molecule has 0 saturated carbocycles. The van der Waals surface area contributed by atoms with Crippen LogP contribution in [0.3, 0.4) is 0 Å². The van der Waals surface area contributed by atoms with Crippen LogP contribution in [0.15, 0.2) is 53.7 Å². The summed E-state index contributed by atoms with van der Waals surface area (Å²) in [5.74, 6) is -0.939. The second-order valence-electron chi connectivity index (χ2n) is 4.63. The zero-order valence-electron chi connectivity index (χ0n) is 11.6.